The first-order chi connectivity index (χ1) is 28.2. The van der Waals surface area contributed by atoms with Gasteiger partial charge in [0, 0.05) is 54.7 Å². The molecule has 0 aliphatic rings. The molecule has 0 aliphatic carbocycles. The van der Waals surface area contributed by atoms with Crippen molar-refractivity contribution in [3.8, 4) is 51.0 Å². The highest BCUT2D eigenvalue weighted by Crippen LogP contribution is 2.39. The normalized spacial score (nSPS) is 11.9. The number of fused-ring (bicyclic) bond motifs is 9. The maximum atomic E-state index is 6.34. The van der Waals surface area contributed by atoms with E-state index in [2.05, 4.69) is 126 Å². The third-order valence-corrected chi connectivity index (χ3v) is 11.1. The minimum absolute atomic E-state index is 0.583. The lowest BCUT2D eigenvalue weighted by Gasteiger charge is -2.10. The fourth-order valence-electron chi connectivity index (χ4n) is 8.32. The van der Waals surface area contributed by atoms with Gasteiger partial charge in [0.05, 0.1) is 11.0 Å². The topological polar surface area (TPSA) is 69.9 Å². The quantitative estimate of drug-likeness (QED) is 0.176. The van der Waals surface area contributed by atoms with Crippen molar-refractivity contribution in [1.82, 2.24) is 19.5 Å². The highest BCUT2D eigenvalue weighted by atomic mass is 16.3. The summed E-state index contributed by atoms with van der Waals surface area (Å²) in [6.45, 7) is 0. The Hall–Kier alpha value is -7.83. The molecule has 8 aromatic carbocycles. The number of nitrogens with zero attached hydrogens (tertiary/aromatic N) is 4. The van der Waals surface area contributed by atoms with Crippen LogP contribution in [0.4, 0.5) is 0 Å². The first-order valence-corrected chi connectivity index (χ1v) is 19.0. The lowest BCUT2D eigenvalue weighted by Crippen LogP contribution is -2.00. The summed E-state index contributed by atoms with van der Waals surface area (Å²) in [6.07, 6.45) is 0. The van der Waals surface area contributed by atoms with Gasteiger partial charge in [-0.15, -0.1) is 0 Å². The lowest BCUT2D eigenvalue weighted by molar-refractivity contribution is 0.668. The van der Waals surface area contributed by atoms with Crippen molar-refractivity contribution in [2.45, 2.75) is 0 Å². The molecular formula is C51H30N4O2. The predicted octanol–water partition coefficient (Wildman–Crippen LogP) is 13.4. The van der Waals surface area contributed by atoms with Crippen molar-refractivity contribution in [3.63, 3.8) is 0 Å². The van der Waals surface area contributed by atoms with E-state index in [1.165, 1.54) is 5.56 Å². The van der Waals surface area contributed by atoms with Gasteiger partial charge in [0.2, 0.25) is 0 Å². The van der Waals surface area contributed by atoms with Gasteiger partial charge < -0.3 is 13.4 Å². The second-order valence-corrected chi connectivity index (χ2v) is 14.4. The van der Waals surface area contributed by atoms with Crippen molar-refractivity contribution in [1.29, 1.82) is 0 Å². The molecule has 4 heterocycles. The van der Waals surface area contributed by atoms with E-state index >= 15 is 0 Å². The average Bonchev–Trinajstić information content (AvgIpc) is 3.95. The van der Waals surface area contributed by atoms with Crippen LogP contribution in [0.1, 0.15) is 0 Å². The Morgan fingerprint density at radius 2 is 0.825 bits per heavy atom. The summed E-state index contributed by atoms with van der Waals surface area (Å²) in [7, 11) is 0. The van der Waals surface area contributed by atoms with Gasteiger partial charge in [0.1, 0.15) is 22.3 Å². The lowest BCUT2D eigenvalue weighted by atomic mass is 10.0. The van der Waals surface area contributed by atoms with Crippen LogP contribution in [0.2, 0.25) is 0 Å². The summed E-state index contributed by atoms with van der Waals surface area (Å²) in [5.74, 6) is 1.79. The SMILES string of the molecule is c1ccc(-c2ccc3oc4ccc(-n5c6ccccc6c6cc(-c7nc(-c8ccccc8)nc(-c8ccc9c(c8)oc8ccccc89)n7)ccc65)cc4c3c2)cc1. The molecule has 57 heavy (non-hydrogen) atoms. The molecule has 0 spiro atoms. The van der Waals surface area contributed by atoms with Gasteiger partial charge in [-0.3, -0.25) is 0 Å². The van der Waals surface area contributed by atoms with Crippen molar-refractivity contribution in [3.05, 3.63) is 182 Å². The van der Waals surface area contributed by atoms with Gasteiger partial charge in [-0.05, 0) is 83.9 Å². The van der Waals surface area contributed by atoms with Crippen molar-refractivity contribution < 1.29 is 8.83 Å². The van der Waals surface area contributed by atoms with Crippen LogP contribution in [0.5, 0.6) is 0 Å². The Bertz CT molecular complexity index is 3530. The molecule has 0 saturated heterocycles. The molecule has 0 fully saturated rings. The first kappa shape index (κ1) is 31.5. The molecule has 12 aromatic rings. The Balaban J connectivity index is 1.02. The van der Waals surface area contributed by atoms with Crippen LogP contribution in [0.3, 0.4) is 0 Å². The van der Waals surface area contributed by atoms with E-state index in [0.717, 1.165) is 93.6 Å². The van der Waals surface area contributed by atoms with Crippen molar-refractivity contribution in [2.24, 2.45) is 0 Å². The molecule has 266 valence electrons. The number of furan rings is 2. The van der Waals surface area contributed by atoms with E-state index in [0.29, 0.717) is 17.5 Å². The van der Waals surface area contributed by atoms with E-state index in [9.17, 15) is 0 Å². The molecule has 0 aliphatic heterocycles. The van der Waals surface area contributed by atoms with Gasteiger partial charge >= 0.3 is 0 Å². The zero-order valence-electron chi connectivity index (χ0n) is 30.4. The van der Waals surface area contributed by atoms with Crippen LogP contribution in [0, 0.1) is 0 Å². The van der Waals surface area contributed by atoms with E-state index in [1.54, 1.807) is 0 Å². The van der Waals surface area contributed by atoms with E-state index in [1.807, 2.05) is 60.7 Å². The molecule has 0 amide bonds. The monoisotopic (exact) mass is 730 g/mol. The predicted molar refractivity (Wildman–Crippen MR) is 230 cm³/mol. The summed E-state index contributed by atoms with van der Waals surface area (Å²) < 4.78 is 14.9. The minimum Gasteiger partial charge on any atom is -0.456 e. The molecule has 0 N–H and O–H groups in total. The highest BCUT2D eigenvalue weighted by molar-refractivity contribution is 6.12. The van der Waals surface area contributed by atoms with Gasteiger partial charge in [-0.1, -0.05) is 109 Å². The number of aromatic nitrogens is 4. The van der Waals surface area contributed by atoms with E-state index in [4.69, 9.17) is 23.8 Å². The van der Waals surface area contributed by atoms with Gasteiger partial charge in [-0.25, -0.2) is 15.0 Å². The van der Waals surface area contributed by atoms with E-state index in [-0.39, 0.29) is 0 Å². The van der Waals surface area contributed by atoms with Crippen molar-refractivity contribution >= 4 is 65.7 Å². The van der Waals surface area contributed by atoms with E-state index < -0.39 is 0 Å². The first-order valence-electron chi connectivity index (χ1n) is 19.0. The minimum atomic E-state index is 0.583. The van der Waals surface area contributed by atoms with Gasteiger partial charge in [-0.2, -0.15) is 0 Å². The van der Waals surface area contributed by atoms with Gasteiger partial charge in [0.15, 0.2) is 17.5 Å². The Morgan fingerprint density at radius 1 is 0.298 bits per heavy atom. The summed E-state index contributed by atoms with van der Waals surface area (Å²) in [5.41, 5.74) is 11.7. The number of rotatable bonds is 5. The number of benzene rings is 8. The zero-order chi connectivity index (χ0) is 37.5. The molecule has 12 rings (SSSR count). The van der Waals surface area contributed by atoms with Gasteiger partial charge in [0.25, 0.3) is 0 Å². The molecule has 0 bridgehead atoms. The Kier molecular flexibility index (Phi) is 6.83. The molecule has 4 aromatic heterocycles. The zero-order valence-corrected chi connectivity index (χ0v) is 30.4. The highest BCUT2D eigenvalue weighted by Gasteiger charge is 2.19. The number of para-hydroxylation sites is 2. The summed E-state index contributed by atoms with van der Waals surface area (Å²) in [5, 5.41) is 6.57. The van der Waals surface area contributed by atoms with Crippen LogP contribution in [0.25, 0.3) is 117 Å². The second kappa shape index (κ2) is 12.3. The Morgan fingerprint density at radius 3 is 1.63 bits per heavy atom. The van der Waals surface area contributed by atoms with Crippen LogP contribution < -0.4 is 0 Å². The third kappa shape index (κ3) is 5.08. The largest absolute Gasteiger partial charge is 0.456 e. The molecule has 0 unspecified atom stereocenters. The molecule has 6 heteroatoms. The smallest absolute Gasteiger partial charge is 0.164 e. The second-order valence-electron chi connectivity index (χ2n) is 14.4. The average molecular weight is 731 g/mol. The number of hydrogen-bond acceptors (Lipinski definition) is 5. The Labute approximate surface area is 325 Å². The summed E-state index contributed by atoms with van der Waals surface area (Å²) in [6, 6.07) is 62.8. The van der Waals surface area contributed by atoms with Crippen molar-refractivity contribution in [2.75, 3.05) is 0 Å². The maximum Gasteiger partial charge on any atom is 0.164 e. The molecule has 0 atom stereocenters. The fourth-order valence-corrected chi connectivity index (χ4v) is 8.32. The van der Waals surface area contributed by atoms with Crippen LogP contribution in [-0.2, 0) is 0 Å². The summed E-state index contributed by atoms with van der Waals surface area (Å²) >= 11 is 0. The third-order valence-electron chi connectivity index (χ3n) is 11.1. The van der Waals surface area contributed by atoms with Crippen LogP contribution in [0.15, 0.2) is 191 Å². The van der Waals surface area contributed by atoms with Crippen LogP contribution >= 0.6 is 0 Å². The standard InChI is InChI=1S/C51H30N4O2/c1-3-11-31(12-4-1)33-21-25-46-41(27-33)42-30-36(22-26-47(42)56-46)55-43-17-9-7-15-37(43)40-28-34(20-24-44(40)55)50-52-49(32-13-5-2-6-14-32)53-51(54-50)35-19-23-39-38-16-8-10-18-45(38)57-48(39)29-35/h1-30H. The maximum absolute atomic E-state index is 6.34. The number of hydrogen-bond donors (Lipinski definition) is 0. The molecular weight excluding hydrogens is 701 g/mol. The molecule has 0 saturated carbocycles. The molecule has 0 radical (unpaired) electrons. The summed E-state index contributed by atoms with van der Waals surface area (Å²) in [4.78, 5) is 15.2. The molecule has 6 nitrogen and oxygen atoms in total. The fraction of sp³-hybridized carbons (Fsp3) is 0. The van der Waals surface area contributed by atoms with Crippen LogP contribution in [-0.4, -0.2) is 19.5 Å².